The number of fused-ring (bicyclic) bond motifs is 2. The third-order valence-electron chi connectivity index (χ3n) is 6.09. The summed E-state index contributed by atoms with van der Waals surface area (Å²) in [5, 5.41) is 26.4. The Hall–Kier alpha value is -2.51. The van der Waals surface area contributed by atoms with Crippen LogP contribution in [0.3, 0.4) is 0 Å². The fraction of sp³-hybridized carbons (Fsp3) is 0.562. The second-order valence-corrected chi connectivity index (χ2v) is 7.48. The van der Waals surface area contributed by atoms with Crippen LogP contribution in [0.4, 0.5) is 17.1 Å². The van der Waals surface area contributed by atoms with Gasteiger partial charge >= 0.3 is 5.69 Å². The Kier molecular flexibility index (Phi) is 3.58. The first-order valence-electron chi connectivity index (χ1n) is 7.91. The molecule has 0 heterocycles. The quantitative estimate of drug-likeness (QED) is 0.658. The molecule has 3 rings (SSSR count). The number of nitro groups is 2. The van der Waals surface area contributed by atoms with Gasteiger partial charge in [0.05, 0.1) is 15.9 Å². The van der Waals surface area contributed by atoms with Crippen molar-refractivity contribution in [2.75, 3.05) is 5.43 Å². The summed E-state index contributed by atoms with van der Waals surface area (Å²) >= 11 is 0. The number of hydrazone groups is 1. The molecule has 1 aromatic rings. The third-order valence-corrected chi connectivity index (χ3v) is 6.09. The highest BCUT2D eigenvalue weighted by molar-refractivity contribution is 5.92. The maximum absolute atomic E-state index is 11.2. The molecule has 1 aromatic carbocycles. The van der Waals surface area contributed by atoms with Crippen molar-refractivity contribution in [1.82, 2.24) is 0 Å². The maximum atomic E-state index is 11.2. The molecule has 0 spiro atoms. The Morgan fingerprint density at radius 1 is 1.21 bits per heavy atom. The highest BCUT2D eigenvalue weighted by atomic mass is 16.6. The number of rotatable bonds is 4. The van der Waals surface area contributed by atoms with E-state index in [0.29, 0.717) is 5.92 Å². The van der Waals surface area contributed by atoms with E-state index < -0.39 is 9.85 Å². The van der Waals surface area contributed by atoms with Gasteiger partial charge in [-0.05, 0) is 36.2 Å². The van der Waals surface area contributed by atoms with Crippen LogP contribution in [0, 0.1) is 37.0 Å². The Morgan fingerprint density at radius 3 is 2.42 bits per heavy atom. The molecule has 2 unspecified atom stereocenters. The van der Waals surface area contributed by atoms with Crippen LogP contribution in [0.25, 0.3) is 0 Å². The van der Waals surface area contributed by atoms with E-state index in [1.54, 1.807) is 0 Å². The van der Waals surface area contributed by atoms with Crippen LogP contribution in [0.15, 0.2) is 23.3 Å². The standard InChI is InChI=1S/C16H20N4O4/c1-15(2)11-6-7-16(15,3)9-13(11)18-17-12-5-4-10(19(21)22)8-14(12)20(23)24/h4-5,8,11,17H,6-7,9H2,1-3H3/b18-13-. The number of hydrogen-bond donors (Lipinski definition) is 1. The fourth-order valence-electron chi connectivity index (χ4n) is 4.12. The van der Waals surface area contributed by atoms with Crippen LogP contribution in [0.1, 0.15) is 40.0 Å². The van der Waals surface area contributed by atoms with E-state index in [-0.39, 0.29) is 27.9 Å². The van der Waals surface area contributed by atoms with E-state index >= 15 is 0 Å². The third kappa shape index (κ3) is 2.33. The molecule has 0 radical (unpaired) electrons. The molecular weight excluding hydrogens is 312 g/mol. The first kappa shape index (κ1) is 16.4. The summed E-state index contributed by atoms with van der Waals surface area (Å²) in [6.45, 7) is 6.77. The lowest BCUT2D eigenvalue weighted by Crippen LogP contribution is -2.26. The van der Waals surface area contributed by atoms with Gasteiger partial charge in [-0.15, -0.1) is 0 Å². The van der Waals surface area contributed by atoms with Crippen molar-refractivity contribution in [3.8, 4) is 0 Å². The lowest BCUT2D eigenvalue weighted by atomic mass is 9.71. The van der Waals surface area contributed by atoms with Crippen molar-refractivity contribution in [2.45, 2.75) is 40.0 Å². The summed E-state index contributed by atoms with van der Waals surface area (Å²) in [5.74, 6) is 0.368. The van der Waals surface area contributed by atoms with Crippen molar-refractivity contribution in [3.05, 3.63) is 38.4 Å². The number of nitrogens with one attached hydrogen (secondary N) is 1. The monoisotopic (exact) mass is 332 g/mol. The molecule has 8 heteroatoms. The van der Waals surface area contributed by atoms with Gasteiger partial charge in [-0.3, -0.25) is 25.7 Å². The minimum absolute atomic E-state index is 0.162. The molecule has 128 valence electrons. The normalized spacial score (nSPS) is 29.0. The van der Waals surface area contributed by atoms with E-state index in [4.69, 9.17) is 0 Å². The lowest BCUT2D eigenvalue weighted by Gasteiger charge is -2.33. The van der Waals surface area contributed by atoms with Crippen LogP contribution in [-0.4, -0.2) is 15.6 Å². The van der Waals surface area contributed by atoms with E-state index in [2.05, 4.69) is 31.3 Å². The number of anilines is 1. The topological polar surface area (TPSA) is 111 Å². The smallest absolute Gasteiger partial charge is 0.272 e. The molecule has 2 aliphatic carbocycles. The van der Waals surface area contributed by atoms with Gasteiger partial charge in [-0.25, -0.2) is 0 Å². The van der Waals surface area contributed by atoms with Crippen LogP contribution in [0.5, 0.6) is 0 Å². The summed E-state index contributed by atoms with van der Waals surface area (Å²) in [6, 6.07) is 3.52. The first-order chi connectivity index (χ1) is 11.2. The molecule has 24 heavy (non-hydrogen) atoms. The van der Waals surface area contributed by atoms with Crippen molar-refractivity contribution in [1.29, 1.82) is 0 Å². The fourth-order valence-corrected chi connectivity index (χ4v) is 4.12. The summed E-state index contributed by atoms with van der Waals surface area (Å²) < 4.78 is 0. The van der Waals surface area contributed by atoms with Gasteiger partial charge < -0.3 is 0 Å². The van der Waals surface area contributed by atoms with Crippen LogP contribution in [0.2, 0.25) is 0 Å². The van der Waals surface area contributed by atoms with Crippen molar-refractivity contribution in [3.63, 3.8) is 0 Å². The van der Waals surface area contributed by atoms with Gasteiger partial charge in [0.25, 0.3) is 5.69 Å². The van der Waals surface area contributed by atoms with E-state index in [0.717, 1.165) is 24.6 Å². The van der Waals surface area contributed by atoms with Crippen LogP contribution < -0.4 is 5.43 Å². The first-order valence-corrected chi connectivity index (χ1v) is 7.91. The SMILES string of the molecule is CC12CCC(/C(=N\Nc3ccc([N+](=O)[O-])cc3[N+](=O)[O-])C1)C2(C)C. The van der Waals surface area contributed by atoms with E-state index in [9.17, 15) is 20.2 Å². The average Bonchev–Trinajstić information content (AvgIpc) is 2.85. The molecule has 2 fully saturated rings. The molecule has 1 N–H and O–H groups in total. The molecule has 8 nitrogen and oxygen atoms in total. The molecule has 2 bridgehead atoms. The molecule has 2 atom stereocenters. The Labute approximate surface area is 139 Å². The van der Waals surface area contributed by atoms with Gasteiger partial charge in [0.15, 0.2) is 0 Å². The second-order valence-electron chi connectivity index (χ2n) is 7.48. The van der Waals surface area contributed by atoms with Crippen LogP contribution in [-0.2, 0) is 0 Å². The molecular formula is C16H20N4O4. The molecule has 2 saturated carbocycles. The van der Waals surface area contributed by atoms with E-state index in [1.165, 1.54) is 18.6 Å². The predicted octanol–water partition coefficient (Wildman–Crippen LogP) is 4.12. The van der Waals surface area contributed by atoms with Crippen molar-refractivity contribution >= 4 is 22.8 Å². The van der Waals surface area contributed by atoms with Gasteiger partial charge in [0.1, 0.15) is 5.69 Å². The van der Waals surface area contributed by atoms with Crippen molar-refractivity contribution < 1.29 is 9.85 Å². The summed E-state index contributed by atoms with van der Waals surface area (Å²) in [6.07, 6.45) is 3.12. The maximum Gasteiger partial charge on any atom is 0.301 e. The minimum Gasteiger partial charge on any atom is -0.272 e. The largest absolute Gasteiger partial charge is 0.301 e. The Morgan fingerprint density at radius 2 is 1.92 bits per heavy atom. The Bertz CT molecular complexity index is 756. The van der Waals surface area contributed by atoms with Gasteiger partial charge in [0.2, 0.25) is 0 Å². The lowest BCUT2D eigenvalue weighted by molar-refractivity contribution is -0.393. The van der Waals surface area contributed by atoms with Crippen LogP contribution >= 0.6 is 0 Å². The second kappa shape index (κ2) is 5.25. The zero-order valence-corrected chi connectivity index (χ0v) is 13.9. The highest BCUT2D eigenvalue weighted by Crippen LogP contribution is 2.64. The van der Waals surface area contributed by atoms with Gasteiger partial charge in [0, 0.05) is 17.7 Å². The molecule has 0 aliphatic heterocycles. The number of nitro benzene ring substituents is 2. The highest BCUT2D eigenvalue weighted by Gasteiger charge is 2.59. The molecule has 0 aromatic heterocycles. The molecule has 0 saturated heterocycles. The zero-order chi connectivity index (χ0) is 17.7. The molecule has 0 amide bonds. The average molecular weight is 332 g/mol. The summed E-state index contributed by atoms with van der Waals surface area (Å²) in [4.78, 5) is 20.7. The zero-order valence-electron chi connectivity index (χ0n) is 13.9. The van der Waals surface area contributed by atoms with Crippen molar-refractivity contribution in [2.24, 2.45) is 21.8 Å². The number of benzene rings is 1. The van der Waals surface area contributed by atoms with E-state index in [1.807, 2.05) is 0 Å². The Balaban J connectivity index is 1.88. The number of non-ortho nitro benzene ring substituents is 1. The summed E-state index contributed by atoms with van der Waals surface area (Å²) in [7, 11) is 0. The number of hydrogen-bond acceptors (Lipinski definition) is 6. The van der Waals surface area contributed by atoms with Gasteiger partial charge in [-0.1, -0.05) is 20.8 Å². The number of nitrogens with zero attached hydrogens (tertiary/aromatic N) is 3. The predicted molar refractivity (Wildman–Crippen MR) is 90.0 cm³/mol. The van der Waals surface area contributed by atoms with Gasteiger partial charge in [-0.2, -0.15) is 5.10 Å². The minimum atomic E-state index is -0.651. The summed E-state index contributed by atoms with van der Waals surface area (Å²) in [5.41, 5.74) is 3.68. The molecule has 2 aliphatic rings.